The molecule has 6 nitrogen and oxygen atoms in total. The van der Waals surface area contributed by atoms with Crippen LogP contribution in [0.2, 0.25) is 0 Å². The van der Waals surface area contributed by atoms with E-state index in [0.717, 1.165) is 16.7 Å². The molecule has 0 aliphatic carbocycles. The molecule has 0 aliphatic rings. The summed E-state index contributed by atoms with van der Waals surface area (Å²) >= 11 is 2.87. The number of hydrogen-bond donors (Lipinski definition) is 0. The fraction of sp³-hybridized carbons (Fsp3) is 0.182. The standard InChI is InChI=1S/C22H21N3O3S3/c1-24(2)31(27,28)17-11-7-8-15(12-17)13-30-22-23-20-19(21(26)25(22)3)18(14-29-20)16-9-5-4-6-10-16/h4-12,14H,13H2,1-3H3. The summed E-state index contributed by atoms with van der Waals surface area (Å²) in [5.41, 5.74) is 2.65. The number of thiophene rings is 1. The van der Waals surface area contributed by atoms with Crippen molar-refractivity contribution in [2.45, 2.75) is 15.8 Å². The molecular formula is C22H21N3O3S3. The second-order valence-corrected chi connectivity index (χ2v) is 11.1. The van der Waals surface area contributed by atoms with E-state index < -0.39 is 10.0 Å². The van der Waals surface area contributed by atoms with Gasteiger partial charge in [-0.2, -0.15) is 0 Å². The number of fused-ring (bicyclic) bond motifs is 1. The molecule has 0 aliphatic heterocycles. The molecular weight excluding hydrogens is 450 g/mol. The molecule has 0 N–H and O–H groups in total. The molecule has 4 rings (SSSR count). The highest BCUT2D eigenvalue weighted by Crippen LogP contribution is 2.32. The van der Waals surface area contributed by atoms with Crippen LogP contribution in [0.5, 0.6) is 0 Å². The molecule has 9 heteroatoms. The zero-order valence-electron chi connectivity index (χ0n) is 17.3. The minimum atomic E-state index is -3.49. The first-order chi connectivity index (χ1) is 14.8. The lowest BCUT2D eigenvalue weighted by atomic mass is 10.1. The van der Waals surface area contributed by atoms with Gasteiger partial charge >= 0.3 is 0 Å². The lowest BCUT2D eigenvalue weighted by Crippen LogP contribution is -2.22. The van der Waals surface area contributed by atoms with E-state index in [1.807, 2.05) is 41.8 Å². The molecule has 0 saturated carbocycles. The highest BCUT2D eigenvalue weighted by atomic mass is 32.2. The van der Waals surface area contributed by atoms with Gasteiger partial charge in [0, 0.05) is 37.8 Å². The molecule has 0 amide bonds. The van der Waals surface area contributed by atoms with Crippen LogP contribution in [0.25, 0.3) is 21.3 Å². The molecule has 4 aromatic rings. The van der Waals surface area contributed by atoms with Crippen LogP contribution < -0.4 is 5.56 Å². The Morgan fingerprint density at radius 1 is 1.10 bits per heavy atom. The highest BCUT2D eigenvalue weighted by molar-refractivity contribution is 7.98. The first-order valence-electron chi connectivity index (χ1n) is 9.47. The zero-order valence-corrected chi connectivity index (χ0v) is 19.7. The lowest BCUT2D eigenvalue weighted by molar-refractivity contribution is 0.520. The predicted octanol–water partition coefficient (Wildman–Crippen LogP) is 4.20. The molecule has 160 valence electrons. The van der Waals surface area contributed by atoms with Crippen LogP contribution in [0.1, 0.15) is 5.56 Å². The molecule has 0 unspecified atom stereocenters. The molecule has 0 spiro atoms. The van der Waals surface area contributed by atoms with Crippen molar-refractivity contribution >= 4 is 43.3 Å². The number of thioether (sulfide) groups is 1. The third-order valence-corrected chi connectivity index (χ3v) is 8.69. The summed E-state index contributed by atoms with van der Waals surface area (Å²) in [6.07, 6.45) is 0. The van der Waals surface area contributed by atoms with Gasteiger partial charge in [-0.05, 0) is 23.3 Å². The molecule has 2 aromatic heterocycles. The number of aromatic nitrogens is 2. The smallest absolute Gasteiger partial charge is 0.263 e. The average molecular weight is 472 g/mol. The summed E-state index contributed by atoms with van der Waals surface area (Å²) in [7, 11) is 1.24. The molecule has 0 atom stereocenters. The van der Waals surface area contributed by atoms with Gasteiger partial charge in [-0.1, -0.05) is 54.2 Å². The largest absolute Gasteiger partial charge is 0.290 e. The van der Waals surface area contributed by atoms with Gasteiger partial charge in [0.2, 0.25) is 10.0 Å². The third-order valence-electron chi connectivity index (χ3n) is 4.90. The second-order valence-electron chi connectivity index (χ2n) is 7.18. The van der Waals surface area contributed by atoms with Crippen LogP contribution in [0.4, 0.5) is 0 Å². The fourth-order valence-electron chi connectivity index (χ4n) is 3.17. The number of hydrogen-bond acceptors (Lipinski definition) is 6. The molecule has 2 heterocycles. The lowest BCUT2D eigenvalue weighted by Gasteiger charge is -2.12. The summed E-state index contributed by atoms with van der Waals surface area (Å²) in [6, 6.07) is 16.7. The Balaban J connectivity index is 1.65. The van der Waals surface area contributed by atoms with Gasteiger partial charge in [-0.15, -0.1) is 11.3 Å². The highest BCUT2D eigenvalue weighted by Gasteiger charge is 2.18. The zero-order chi connectivity index (χ0) is 22.2. The molecule has 2 aromatic carbocycles. The van der Waals surface area contributed by atoms with Crippen molar-refractivity contribution in [1.29, 1.82) is 0 Å². The Morgan fingerprint density at radius 3 is 2.55 bits per heavy atom. The topological polar surface area (TPSA) is 72.3 Å². The van der Waals surface area contributed by atoms with E-state index >= 15 is 0 Å². The molecule has 0 saturated heterocycles. The van der Waals surface area contributed by atoms with Crippen LogP contribution in [0.3, 0.4) is 0 Å². The normalized spacial score (nSPS) is 12.0. The Bertz CT molecular complexity index is 1410. The fourth-order valence-corrected chi connectivity index (χ4v) is 6.04. The Hall–Kier alpha value is -2.46. The van der Waals surface area contributed by atoms with E-state index in [9.17, 15) is 13.2 Å². The van der Waals surface area contributed by atoms with Crippen molar-refractivity contribution in [3.63, 3.8) is 0 Å². The van der Waals surface area contributed by atoms with Gasteiger partial charge in [-0.25, -0.2) is 17.7 Å². The van der Waals surface area contributed by atoms with Crippen LogP contribution in [0.15, 0.2) is 74.8 Å². The predicted molar refractivity (Wildman–Crippen MR) is 127 cm³/mol. The van der Waals surface area contributed by atoms with Gasteiger partial charge in [0.15, 0.2) is 5.16 Å². The minimum Gasteiger partial charge on any atom is -0.290 e. The minimum absolute atomic E-state index is 0.0865. The number of benzene rings is 2. The van der Waals surface area contributed by atoms with Crippen molar-refractivity contribution in [2.24, 2.45) is 7.05 Å². The molecule has 0 radical (unpaired) electrons. The van der Waals surface area contributed by atoms with Crippen LogP contribution in [-0.4, -0.2) is 36.4 Å². The summed E-state index contributed by atoms with van der Waals surface area (Å²) in [5.74, 6) is 0.499. The Labute approximate surface area is 189 Å². The summed E-state index contributed by atoms with van der Waals surface area (Å²) < 4.78 is 27.5. The number of rotatable bonds is 6. The van der Waals surface area contributed by atoms with Crippen LogP contribution in [-0.2, 0) is 22.8 Å². The third kappa shape index (κ3) is 4.18. The van der Waals surface area contributed by atoms with E-state index in [0.29, 0.717) is 21.1 Å². The van der Waals surface area contributed by atoms with Gasteiger partial charge in [0.25, 0.3) is 5.56 Å². The van der Waals surface area contributed by atoms with Crippen molar-refractivity contribution in [1.82, 2.24) is 13.9 Å². The first kappa shape index (κ1) is 21.8. The number of sulfonamides is 1. The summed E-state index contributed by atoms with van der Waals surface area (Å²) in [6.45, 7) is 0. The van der Waals surface area contributed by atoms with E-state index in [-0.39, 0.29) is 10.5 Å². The van der Waals surface area contributed by atoms with Gasteiger partial charge in [0.05, 0.1) is 10.3 Å². The van der Waals surface area contributed by atoms with E-state index in [4.69, 9.17) is 4.98 Å². The van der Waals surface area contributed by atoms with E-state index in [1.165, 1.54) is 41.5 Å². The quantitative estimate of drug-likeness (QED) is 0.311. The van der Waals surface area contributed by atoms with E-state index in [1.54, 1.807) is 29.8 Å². The number of nitrogens with zero attached hydrogens (tertiary/aromatic N) is 3. The van der Waals surface area contributed by atoms with Crippen molar-refractivity contribution < 1.29 is 8.42 Å². The van der Waals surface area contributed by atoms with Crippen LogP contribution >= 0.6 is 23.1 Å². The Morgan fingerprint density at radius 2 is 1.84 bits per heavy atom. The molecule has 0 bridgehead atoms. The first-order valence-corrected chi connectivity index (χ1v) is 12.8. The maximum absolute atomic E-state index is 13.1. The maximum Gasteiger partial charge on any atom is 0.263 e. The SMILES string of the molecule is CN(C)S(=O)(=O)c1cccc(CSc2nc3scc(-c4ccccc4)c3c(=O)n2C)c1. The summed E-state index contributed by atoms with van der Waals surface area (Å²) in [5, 5.41) is 3.19. The van der Waals surface area contributed by atoms with Crippen molar-refractivity contribution in [3.8, 4) is 11.1 Å². The molecule has 0 fully saturated rings. The second kappa shape index (κ2) is 8.58. The van der Waals surface area contributed by atoms with Crippen molar-refractivity contribution in [3.05, 3.63) is 75.9 Å². The van der Waals surface area contributed by atoms with Crippen molar-refractivity contribution in [2.75, 3.05) is 14.1 Å². The van der Waals surface area contributed by atoms with Crippen LogP contribution in [0, 0.1) is 0 Å². The Kier molecular flexibility index (Phi) is 6.02. The van der Waals surface area contributed by atoms with Gasteiger partial charge in [-0.3, -0.25) is 9.36 Å². The van der Waals surface area contributed by atoms with E-state index in [2.05, 4.69) is 0 Å². The monoisotopic (exact) mass is 471 g/mol. The molecule has 31 heavy (non-hydrogen) atoms. The maximum atomic E-state index is 13.1. The summed E-state index contributed by atoms with van der Waals surface area (Å²) in [4.78, 5) is 18.8. The van der Waals surface area contributed by atoms with Gasteiger partial charge < -0.3 is 0 Å². The van der Waals surface area contributed by atoms with Gasteiger partial charge in [0.1, 0.15) is 4.83 Å². The average Bonchev–Trinajstić information content (AvgIpc) is 3.20.